The number of nitrogens with one attached hydrogen (secondary N) is 1. The van der Waals surface area contributed by atoms with Crippen molar-refractivity contribution in [3.63, 3.8) is 0 Å². The van der Waals surface area contributed by atoms with Crippen LogP contribution in [0.5, 0.6) is 0 Å². The van der Waals surface area contributed by atoms with Gasteiger partial charge in [0, 0.05) is 18.9 Å². The van der Waals surface area contributed by atoms with Crippen molar-refractivity contribution >= 4 is 11.6 Å². The first-order valence-corrected chi connectivity index (χ1v) is 5.77. The number of nitrogens with zero attached hydrogens (tertiary/aromatic N) is 3. The molecule has 0 unspecified atom stereocenters. The summed E-state index contributed by atoms with van der Waals surface area (Å²) in [6.07, 6.45) is 7.21. The van der Waals surface area contributed by atoms with Gasteiger partial charge in [0.2, 0.25) is 0 Å². The summed E-state index contributed by atoms with van der Waals surface area (Å²) >= 11 is 0. The highest BCUT2D eigenvalue weighted by atomic mass is 16.2. The summed E-state index contributed by atoms with van der Waals surface area (Å²) in [5.41, 5.74) is 8.79. The Morgan fingerprint density at radius 2 is 2.28 bits per heavy atom. The van der Waals surface area contributed by atoms with Gasteiger partial charge in [-0.05, 0) is 24.1 Å². The van der Waals surface area contributed by atoms with E-state index in [0.717, 1.165) is 30.6 Å². The van der Waals surface area contributed by atoms with E-state index in [1.165, 1.54) is 17.1 Å². The van der Waals surface area contributed by atoms with Crippen LogP contribution in [0.3, 0.4) is 0 Å². The molecule has 1 aliphatic rings. The molecule has 0 radical (unpaired) electrons. The number of pyridine rings is 1. The van der Waals surface area contributed by atoms with Gasteiger partial charge in [0.25, 0.3) is 5.91 Å². The van der Waals surface area contributed by atoms with Crippen LogP contribution >= 0.6 is 0 Å². The summed E-state index contributed by atoms with van der Waals surface area (Å²) in [7, 11) is 0. The third-order valence-electron chi connectivity index (χ3n) is 3.06. The number of fused-ring (bicyclic) bond motifs is 1. The Balaban J connectivity index is 2.04. The number of nitrogens with two attached hydrogens (primary N) is 1. The van der Waals surface area contributed by atoms with E-state index in [0.29, 0.717) is 11.3 Å². The number of hydrogen-bond donors (Lipinski definition) is 2. The number of anilines is 1. The van der Waals surface area contributed by atoms with Crippen LogP contribution in [0.1, 0.15) is 21.5 Å². The Hall–Kier alpha value is -2.21. The van der Waals surface area contributed by atoms with Crippen LogP contribution in [0.25, 0.3) is 0 Å². The number of rotatable bonds is 1. The van der Waals surface area contributed by atoms with Crippen LogP contribution in [-0.2, 0) is 13.0 Å². The zero-order chi connectivity index (χ0) is 12.5. The molecule has 0 spiro atoms. The van der Waals surface area contributed by atoms with E-state index in [1.807, 2.05) is 0 Å². The topological polar surface area (TPSA) is 85.8 Å². The van der Waals surface area contributed by atoms with Crippen LogP contribution < -0.4 is 11.1 Å². The van der Waals surface area contributed by atoms with Crippen LogP contribution in [0, 0.1) is 0 Å². The zero-order valence-electron chi connectivity index (χ0n) is 9.76. The largest absolute Gasteiger partial charge is 0.396 e. The standard InChI is InChI=1S/C12H13N5O/c13-9-5-16-17(7-9)12(18)11-6-15-4-8-3-14-2-1-10(8)11/h4-7,14H,1-3,13H2. The predicted molar refractivity (Wildman–Crippen MR) is 66.0 cm³/mol. The average molecular weight is 243 g/mol. The molecule has 0 saturated heterocycles. The molecule has 2 aromatic heterocycles. The van der Waals surface area contributed by atoms with Crippen LogP contribution in [0.15, 0.2) is 24.8 Å². The van der Waals surface area contributed by atoms with E-state index in [2.05, 4.69) is 15.4 Å². The highest BCUT2D eigenvalue weighted by Crippen LogP contribution is 2.18. The van der Waals surface area contributed by atoms with Crippen molar-refractivity contribution in [2.75, 3.05) is 12.3 Å². The Morgan fingerprint density at radius 3 is 3.06 bits per heavy atom. The van der Waals surface area contributed by atoms with E-state index in [1.54, 1.807) is 12.4 Å². The van der Waals surface area contributed by atoms with Gasteiger partial charge >= 0.3 is 0 Å². The Morgan fingerprint density at radius 1 is 1.39 bits per heavy atom. The summed E-state index contributed by atoms with van der Waals surface area (Å²) in [4.78, 5) is 16.4. The van der Waals surface area contributed by atoms with E-state index < -0.39 is 0 Å². The smallest absolute Gasteiger partial charge is 0.280 e. The fourth-order valence-electron chi connectivity index (χ4n) is 2.17. The highest BCUT2D eigenvalue weighted by Gasteiger charge is 2.19. The number of nitrogen functional groups attached to an aromatic ring is 1. The highest BCUT2D eigenvalue weighted by molar-refractivity contribution is 5.97. The lowest BCUT2D eigenvalue weighted by atomic mass is 9.98. The monoisotopic (exact) mass is 243 g/mol. The minimum absolute atomic E-state index is 0.182. The van der Waals surface area contributed by atoms with Crippen LogP contribution in [-0.4, -0.2) is 27.2 Å². The third-order valence-corrected chi connectivity index (χ3v) is 3.06. The molecule has 6 nitrogen and oxygen atoms in total. The second kappa shape index (κ2) is 4.23. The van der Waals surface area contributed by atoms with Gasteiger partial charge in [0.1, 0.15) is 0 Å². The number of hydrogen-bond acceptors (Lipinski definition) is 5. The summed E-state index contributed by atoms with van der Waals surface area (Å²) in [5.74, 6) is -0.182. The molecule has 0 fully saturated rings. The third kappa shape index (κ3) is 1.76. The zero-order valence-corrected chi connectivity index (χ0v) is 9.76. The molecule has 0 amide bonds. The molecule has 6 heteroatoms. The average Bonchev–Trinajstić information content (AvgIpc) is 2.84. The maximum Gasteiger partial charge on any atom is 0.280 e. The molecule has 0 aromatic carbocycles. The summed E-state index contributed by atoms with van der Waals surface area (Å²) in [6.45, 7) is 1.63. The second-order valence-electron chi connectivity index (χ2n) is 4.27. The van der Waals surface area contributed by atoms with Crippen LogP contribution in [0.2, 0.25) is 0 Å². The van der Waals surface area contributed by atoms with E-state index in [-0.39, 0.29) is 5.91 Å². The quantitative estimate of drug-likeness (QED) is 0.747. The first kappa shape index (κ1) is 10.9. The Bertz CT molecular complexity index is 604. The molecule has 0 atom stereocenters. The Kier molecular flexibility index (Phi) is 2.56. The fraction of sp³-hybridized carbons (Fsp3) is 0.250. The molecule has 0 aliphatic carbocycles. The van der Waals surface area contributed by atoms with Gasteiger partial charge in [-0.25, -0.2) is 4.68 Å². The molecule has 3 rings (SSSR count). The molecule has 1 aliphatic heterocycles. The van der Waals surface area contributed by atoms with E-state index in [9.17, 15) is 4.79 Å². The van der Waals surface area contributed by atoms with Crippen molar-refractivity contribution in [1.29, 1.82) is 0 Å². The molecule has 2 aromatic rings. The summed E-state index contributed by atoms with van der Waals surface area (Å²) in [5, 5.41) is 7.20. The molecule has 92 valence electrons. The second-order valence-corrected chi connectivity index (χ2v) is 4.27. The van der Waals surface area contributed by atoms with Crippen molar-refractivity contribution in [2.24, 2.45) is 0 Å². The molecule has 3 heterocycles. The molecular formula is C12H13N5O. The maximum absolute atomic E-state index is 12.3. The van der Waals surface area contributed by atoms with Crippen molar-refractivity contribution in [2.45, 2.75) is 13.0 Å². The number of carbonyl (C=O) groups is 1. The summed E-state index contributed by atoms with van der Waals surface area (Å²) < 4.78 is 1.26. The lowest BCUT2D eigenvalue weighted by Gasteiger charge is -2.18. The maximum atomic E-state index is 12.3. The van der Waals surface area contributed by atoms with Crippen LogP contribution in [0.4, 0.5) is 5.69 Å². The summed E-state index contributed by atoms with van der Waals surface area (Å²) in [6, 6.07) is 0. The van der Waals surface area contributed by atoms with E-state index in [4.69, 9.17) is 5.73 Å². The molecular weight excluding hydrogens is 230 g/mol. The van der Waals surface area contributed by atoms with Gasteiger partial charge in [-0.3, -0.25) is 9.78 Å². The normalized spacial score (nSPS) is 14.2. The van der Waals surface area contributed by atoms with Crippen molar-refractivity contribution in [3.05, 3.63) is 41.5 Å². The Labute approximate surface area is 104 Å². The number of aromatic nitrogens is 3. The first-order valence-electron chi connectivity index (χ1n) is 5.77. The van der Waals surface area contributed by atoms with Crippen molar-refractivity contribution in [1.82, 2.24) is 20.1 Å². The predicted octanol–water partition coefficient (Wildman–Crippen LogP) is 0.194. The van der Waals surface area contributed by atoms with Gasteiger partial charge in [-0.1, -0.05) is 0 Å². The lowest BCUT2D eigenvalue weighted by Crippen LogP contribution is -2.27. The van der Waals surface area contributed by atoms with E-state index >= 15 is 0 Å². The lowest BCUT2D eigenvalue weighted by molar-refractivity contribution is 0.0943. The molecule has 0 bridgehead atoms. The van der Waals surface area contributed by atoms with Gasteiger partial charge < -0.3 is 11.1 Å². The van der Waals surface area contributed by atoms with Crippen molar-refractivity contribution < 1.29 is 4.79 Å². The minimum atomic E-state index is -0.182. The van der Waals surface area contributed by atoms with Gasteiger partial charge in [0.05, 0.1) is 23.6 Å². The minimum Gasteiger partial charge on any atom is -0.396 e. The van der Waals surface area contributed by atoms with Crippen molar-refractivity contribution in [3.8, 4) is 0 Å². The number of carbonyl (C=O) groups excluding carboxylic acids is 1. The van der Waals surface area contributed by atoms with Gasteiger partial charge in [-0.15, -0.1) is 0 Å². The van der Waals surface area contributed by atoms with Gasteiger partial charge in [0.15, 0.2) is 0 Å². The SMILES string of the molecule is Nc1cnn(C(=O)c2cncc3c2CCNC3)c1. The van der Waals surface area contributed by atoms with Gasteiger partial charge in [-0.2, -0.15) is 5.10 Å². The first-order chi connectivity index (χ1) is 8.75. The molecule has 3 N–H and O–H groups in total. The molecule has 18 heavy (non-hydrogen) atoms. The molecule has 0 saturated carbocycles. The fourth-order valence-corrected chi connectivity index (χ4v) is 2.17.